The molecular weight excluding hydrogens is 380 g/mol. The number of aromatic nitrogens is 1. The zero-order chi connectivity index (χ0) is 20.3. The summed E-state index contributed by atoms with van der Waals surface area (Å²) in [5.74, 6) is -0.183. The van der Waals surface area contributed by atoms with Crippen LogP contribution in [-0.2, 0) is 16.1 Å². The number of carbonyl (C=O) groups is 2. The Balaban J connectivity index is 1.63. The Labute approximate surface area is 168 Å². The summed E-state index contributed by atoms with van der Waals surface area (Å²) in [5, 5.41) is 3.26. The molecule has 0 aliphatic carbocycles. The first-order valence-electron chi connectivity index (χ1n) is 8.78. The van der Waals surface area contributed by atoms with Crippen molar-refractivity contribution < 1.29 is 18.7 Å². The predicted octanol–water partition coefficient (Wildman–Crippen LogP) is 4.50. The van der Waals surface area contributed by atoms with E-state index in [-0.39, 0.29) is 6.61 Å². The van der Waals surface area contributed by atoms with E-state index in [1.54, 1.807) is 37.5 Å². The quantitative estimate of drug-likeness (QED) is 0.618. The van der Waals surface area contributed by atoms with Crippen LogP contribution in [0.25, 0.3) is 0 Å². The lowest BCUT2D eigenvalue weighted by Crippen LogP contribution is -2.21. The van der Waals surface area contributed by atoms with Gasteiger partial charge in [-0.05, 0) is 56.7 Å². The second-order valence-corrected chi connectivity index (χ2v) is 6.89. The number of rotatable bonds is 6. The summed E-state index contributed by atoms with van der Waals surface area (Å²) in [7, 11) is 0. The van der Waals surface area contributed by atoms with Crippen LogP contribution >= 0.6 is 11.6 Å². The number of halogens is 1. The molecule has 0 aliphatic rings. The van der Waals surface area contributed by atoms with Gasteiger partial charge in [-0.3, -0.25) is 4.79 Å². The molecule has 1 amide bonds. The summed E-state index contributed by atoms with van der Waals surface area (Å²) in [6, 6.07) is 10.7. The first-order valence-corrected chi connectivity index (χ1v) is 9.16. The van der Waals surface area contributed by atoms with Crippen LogP contribution < -0.4 is 5.32 Å². The number of amides is 1. The summed E-state index contributed by atoms with van der Waals surface area (Å²) < 4.78 is 12.5. The summed E-state index contributed by atoms with van der Waals surface area (Å²) in [6.07, 6.45) is 1.61. The topological polar surface area (TPSA) is 73.5 Å². The fraction of sp³-hybridized carbons (Fsp3) is 0.238. The number of esters is 1. The molecule has 6 nitrogen and oxygen atoms in total. The van der Waals surface area contributed by atoms with Gasteiger partial charge < -0.3 is 19.0 Å². The van der Waals surface area contributed by atoms with E-state index in [4.69, 9.17) is 20.8 Å². The maximum absolute atomic E-state index is 12.5. The average molecular weight is 401 g/mol. The first-order chi connectivity index (χ1) is 13.4. The highest BCUT2D eigenvalue weighted by atomic mass is 35.5. The zero-order valence-corrected chi connectivity index (χ0v) is 16.7. The number of carbonyl (C=O) groups excluding carboxylic acids is 2. The van der Waals surface area contributed by atoms with Crippen molar-refractivity contribution in [1.29, 1.82) is 0 Å². The lowest BCUT2D eigenvalue weighted by Gasteiger charge is -2.10. The lowest BCUT2D eigenvalue weighted by molar-refractivity contribution is -0.119. The number of nitrogens with zero attached hydrogens (tertiary/aromatic N) is 1. The molecule has 0 fully saturated rings. The Morgan fingerprint density at radius 2 is 1.96 bits per heavy atom. The zero-order valence-electron chi connectivity index (χ0n) is 15.9. The molecule has 0 bridgehead atoms. The van der Waals surface area contributed by atoms with Crippen molar-refractivity contribution in [1.82, 2.24) is 4.57 Å². The number of ether oxygens (including phenoxy) is 1. The summed E-state index contributed by atoms with van der Waals surface area (Å²) >= 11 is 6.04. The number of benzene rings is 1. The molecule has 7 heteroatoms. The van der Waals surface area contributed by atoms with E-state index in [0.29, 0.717) is 22.8 Å². The van der Waals surface area contributed by atoms with Gasteiger partial charge in [0, 0.05) is 22.1 Å². The molecule has 3 aromatic rings. The van der Waals surface area contributed by atoms with Gasteiger partial charge in [-0.1, -0.05) is 17.7 Å². The Hall–Kier alpha value is -2.99. The van der Waals surface area contributed by atoms with Crippen LogP contribution in [0.5, 0.6) is 0 Å². The van der Waals surface area contributed by atoms with Gasteiger partial charge >= 0.3 is 5.97 Å². The highest BCUT2D eigenvalue weighted by Crippen LogP contribution is 2.23. The van der Waals surface area contributed by atoms with Crippen molar-refractivity contribution in [2.24, 2.45) is 0 Å². The molecule has 0 spiro atoms. The SMILES string of the molecule is Cc1c(Cl)cccc1NC(=O)COC(=O)c1cc(C)n(Cc2ccco2)c1C. The number of anilines is 1. The fourth-order valence-corrected chi connectivity index (χ4v) is 3.12. The van der Waals surface area contributed by atoms with Crippen LogP contribution in [0.15, 0.2) is 47.1 Å². The van der Waals surface area contributed by atoms with Gasteiger partial charge in [-0.15, -0.1) is 0 Å². The van der Waals surface area contributed by atoms with Gasteiger partial charge in [-0.25, -0.2) is 4.79 Å². The molecular formula is C21H21ClN2O4. The molecule has 1 N–H and O–H groups in total. The van der Waals surface area contributed by atoms with E-state index in [9.17, 15) is 9.59 Å². The smallest absolute Gasteiger partial charge is 0.340 e. The average Bonchev–Trinajstić information content (AvgIpc) is 3.27. The standard InChI is InChI=1S/C21H21ClN2O4/c1-13-10-17(15(3)24(13)11-16-6-5-9-27-16)21(26)28-12-20(25)23-19-8-4-7-18(22)14(19)2/h4-10H,11-12H2,1-3H3,(H,23,25). The third-order valence-electron chi connectivity index (χ3n) is 4.56. The highest BCUT2D eigenvalue weighted by molar-refractivity contribution is 6.31. The maximum Gasteiger partial charge on any atom is 0.340 e. The third-order valence-corrected chi connectivity index (χ3v) is 4.97. The molecule has 0 radical (unpaired) electrons. The molecule has 0 atom stereocenters. The Morgan fingerprint density at radius 1 is 1.18 bits per heavy atom. The summed E-state index contributed by atoms with van der Waals surface area (Å²) in [4.78, 5) is 24.6. The van der Waals surface area contributed by atoms with Crippen LogP contribution in [0.3, 0.4) is 0 Å². The monoisotopic (exact) mass is 400 g/mol. The van der Waals surface area contributed by atoms with E-state index in [2.05, 4.69) is 5.32 Å². The van der Waals surface area contributed by atoms with Crippen molar-refractivity contribution in [3.63, 3.8) is 0 Å². The van der Waals surface area contributed by atoms with Gasteiger partial charge in [0.25, 0.3) is 5.91 Å². The normalized spacial score (nSPS) is 10.7. The van der Waals surface area contributed by atoms with E-state index in [0.717, 1.165) is 22.7 Å². The van der Waals surface area contributed by atoms with Gasteiger partial charge in [0.1, 0.15) is 5.76 Å². The summed E-state index contributed by atoms with van der Waals surface area (Å²) in [6.45, 7) is 5.68. The number of furan rings is 1. The molecule has 146 valence electrons. The molecule has 0 saturated heterocycles. The number of aryl methyl sites for hydroxylation is 1. The van der Waals surface area contributed by atoms with Crippen LogP contribution in [0, 0.1) is 20.8 Å². The molecule has 1 aromatic carbocycles. The molecule has 0 unspecified atom stereocenters. The van der Waals surface area contributed by atoms with Crippen molar-refractivity contribution in [2.75, 3.05) is 11.9 Å². The Morgan fingerprint density at radius 3 is 2.68 bits per heavy atom. The van der Waals surface area contributed by atoms with Crippen molar-refractivity contribution in [2.45, 2.75) is 27.3 Å². The van der Waals surface area contributed by atoms with E-state index in [1.165, 1.54) is 0 Å². The van der Waals surface area contributed by atoms with Crippen LogP contribution in [0.4, 0.5) is 5.69 Å². The first kappa shape index (κ1) is 19.8. The third kappa shape index (κ3) is 4.28. The molecule has 2 heterocycles. The number of hydrogen-bond acceptors (Lipinski definition) is 4. The molecule has 0 saturated carbocycles. The Bertz CT molecular complexity index is 1010. The molecule has 2 aromatic heterocycles. The van der Waals surface area contributed by atoms with Crippen molar-refractivity contribution in [3.8, 4) is 0 Å². The number of nitrogens with one attached hydrogen (secondary N) is 1. The molecule has 28 heavy (non-hydrogen) atoms. The van der Waals surface area contributed by atoms with E-state index in [1.807, 2.05) is 30.5 Å². The minimum Gasteiger partial charge on any atom is -0.467 e. The predicted molar refractivity (Wildman–Crippen MR) is 107 cm³/mol. The minimum absolute atomic E-state index is 0.382. The van der Waals surface area contributed by atoms with E-state index < -0.39 is 11.9 Å². The van der Waals surface area contributed by atoms with Crippen LogP contribution in [0.2, 0.25) is 5.02 Å². The van der Waals surface area contributed by atoms with Crippen LogP contribution in [-0.4, -0.2) is 23.1 Å². The van der Waals surface area contributed by atoms with Gasteiger partial charge in [0.15, 0.2) is 6.61 Å². The van der Waals surface area contributed by atoms with Crippen LogP contribution in [0.1, 0.15) is 33.1 Å². The Kier molecular flexibility index (Phi) is 5.90. The molecule has 0 aliphatic heterocycles. The highest BCUT2D eigenvalue weighted by Gasteiger charge is 2.19. The molecule has 3 rings (SSSR count). The van der Waals surface area contributed by atoms with Gasteiger partial charge in [0.05, 0.1) is 18.4 Å². The van der Waals surface area contributed by atoms with Crippen molar-refractivity contribution >= 4 is 29.2 Å². The maximum atomic E-state index is 12.5. The fourth-order valence-electron chi connectivity index (χ4n) is 2.95. The second kappa shape index (κ2) is 8.35. The lowest BCUT2D eigenvalue weighted by atomic mass is 10.2. The number of hydrogen-bond donors (Lipinski definition) is 1. The van der Waals surface area contributed by atoms with Crippen molar-refractivity contribution in [3.05, 3.63) is 76.0 Å². The van der Waals surface area contributed by atoms with Gasteiger partial charge in [0.2, 0.25) is 0 Å². The van der Waals surface area contributed by atoms with Gasteiger partial charge in [-0.2, -0.15) is 0 Å². The summed E-state index contributed by atoms with van der Waals surface area (Å²) in [5.41, 5.74) is 3.43. The largest absolute Gasteiger partial charge is 0.467 e. The second-order valence-electron chi connectivity index (χ2n) is 6.49. The minimum atomic E-state index is -0.545. The van der Waals surface area contributed by atoms with E-state index >= 15 is 0 Å².